The Kier molecular flexibility index (Phi) is 5.46. The van der Waals surface area contributed by atoms with E-state index in [1.165, 1.54) is 5.57 Å². The third-order valence-electron chi connectivity index (χ3n) is 4.62. The molecule has 0 amide bonds. The summed E-state index contributed by atoms with van der Waals surface area (Å²) < 4.78 is 28.6. The zero-order valence-corrected chi connectivity index (χ0v) is 14.0. The van der Waals surface area contributed by atoms with Crippen LogP contribution in [0.2, 0.25) is 0 Å². The molecule has 0 aromatic heterocycles. The molecule has 2 saturated heterocycles. The van der Waals surface area contributed by atoms with Gasteiger partial charge in [-0.05, 0) is 46.0 Å². The lowest BCUT2D eigenvalue weighted by molar-refractivity contribution is 0.0646. The minimum atomic E-state index is -3.35. The summed E-state index contributed by atoms with van der Waals surface area (Å²) in [6, 6.07) is 0. The quantitative estimate of drug-likeness (QED) is 0.786. The van der Waals surface area contributed by atoms with Gasteiger partial charge in [0.05, 0.1) is 6.61 Å². The fraction of sp³-hybridized carbons (Fsp3) is 0.867. The van der Waals surface area contributed by atoms with E-state index in [1.54, 1.807) is 8.61 Å². The molecule has 0 aliphatic carbocycles. The number of allylic oxidation sites excluding steroid dienone is 2. The summed E-state index contributed by atoms with van der Waals surface area (Å²) in [7, 11) is -3.35. The fourth-order valence-electron chi connectivity index (χ4n) is 3.22. The molecule has 0 aromatic rings. The van der Waals surface area contributed by atoms with E-state index in [0.717, 1.165) is 32.1 Å². The Bertz CT molecular complexity index is 479. The minimum Gasteiger partial charge on any atom is -0.396 e. The Morgan fingerprint density at radius 1 is 1.14 bits per heavy atom. The maximum absolute atomic E-state index is 12.7. The monoisotopic (exact) mass is 316 g/mol. The summed E-state index contributed by atoms with van der Waals surface area (Å²) in [6.07, 6.45) is 6.48. The van der Waals surface area contributed by atoms with Gasteiger partial charge < -0.3 is 5.11 Å². The predicted octanol–water partition coefficient (Wildman–Crippen LogP) is 1.76. The molecule has 0 bridgehead atoms. The van der Waals surface area contributed by atoms with E-state index in [-0.39, 0.29) is 12.0 Å². The van der Waals surface area contributed by atoms with Gasteiger partial charge in [0.15, 0.2) is 0 Å². The number of rotatable bonds is 5. The highest BCUT2D eigenvalue weighted by Crippen LogP contribution is 2.36. The number of hydrogen-bond acceptors (Lipinski definition) is 3. The molecule has 1 N–H and O–H groups in total. The number of hydrogen-bond donors (Lipinski definition) is 1. The average molecular weight is 316 g/mol. The number of aliphatic hydroxyl groups excluding tert-OH is 1. The van der Waals surface area contributed by atoms with Gasteiger partial charge >= 0.3 is 0 Å². The highest BCUT2D eigenvalue weighted by atomic mass is 32.2. The SMILES string of the molecule is CC(C)=CC[C@]1(CO)CCCN(S(=O)(=O)N2CCCC2)C1. The number of nitrogens with zero attached hydrogens (tertiary/aromatic N) is 2. The van der Waals surface area contributed by atoms with Crippen LogP contribution in [0.5, 0.6) is 0 Å². The van der Waals surface area contributed by atoms with Crippen molar-refractivity contribution < 1.29 is 13.5 Å². The second kappa shape index (κ2) is 6.77. The van der Waals surface area contributed by atoms with Crippen LogP contribution < -0.4 is 0 Å². The molecule has 1 atom stereocenters. The zero-order chi connectivity index (χ0) is 15.5. The molecule has 6 heteroatoms. The van der Waals surface area contributed by atoms with E-state index in [4.69, 9.17) is 0 Å². The highest BCUT2D eigenvalue weighted by Gasteiger charge is 2.41. The standard InChI is InChI=1S/C15H28N2O3S/c1-14(2)6-8-15(13-18)7-5-11-17(12-15)21(19,20)16-9-3-4-10-16/h6,18H,3-5,7-13H2,1-2H3/t15-/m1/s1. The van der Waals surface area contributed by atoms with E-state index >= 15 is 0 Å². The molecule has 2 rings (SSSR count). The summed E-state index contributed by atoms with van der Waals surface area (Å²) in [5.74, 6) is 0. The van der Waals surface area contributed by atoms with Crippen LogP contribution in [0.1, 0.15) is 46.0 Å². The second-order valence-corrected chi connectivity index (χ2v) is 8.62. The number of aliphatic hydroxyl groups is 1. The Hall–Kier alpha value is -0.430. The molecule has 2 heterocycles. The first-order valence-corrected chi connectivity index (χ1v) is 9.29. The summed E-state index contributed by atoms with van der Waals surface area (Å²) >= 11 is 0. The summed E-state index contributed by atoms with van der Waals surface area (Å²) in [5.41, 5.74) is 0.893. The van der Waals surface area contributed by atoms with E-state index in [1.807, 2.05) is 13.8 Å². The Morgan fingerprint density at radius 3 is 2.33 bits per heavy atom. The Labute approximate surface area is 128 Å². The van der Waals surface area contributed by atoms with Crippen molar-refractivity contribution in [3.8, 4) is 0 Å². The van der Waals surface area contributed by atoms with E-state index in [2.05, 4.69) is 6.08 Å². The lowest BCUT2D eigenvalue weighted by atomic mass is 9.78. The molecule has 0 spiro atoms. The van der Waals surface area contributed by atoms with Gasteiger partial charge in [0.1, 0.15) is 0 Å². The molecule has 0 saturated carbocycles. The molecule has 2 fully saturated rings. The predicted molar refractivity (Wildman–Crippen MR) is 84.1 cm³/mol. The van der Waals surface area contributed by atoms with Crippen molar-refractivity contribution in [1.29, 1.82) is 0 Å². The lowest BCUT2D eigenvalue weighted by Crippen LogP contribution is -2.51. The molecular formula is C15H28N2O3S. The molecule has 2 aliphatic heterocycles. The van der Waals surface area contributed by atoms with E-state index in [9.17, 15) is 13.5 Å². The second-order valence-electron chi connectivity index (χ2n) is 6.69. The van der Waals surface area contributed by atoms with Crippen molar-refractivity contribution in [2.75, 3.05) is 32.8 Å². The first kappa shape index (κ1) is 16.9. The molecule has 2 aliphatic rings. The smallest absolute Gasteiger partial charge is 0.281 e. The Balaban J connectivity index is 2.13. The topological polar surface area (TPSA) is 60.9 Å². The van der Waals surface area contributed by atoms with Crippen LogP contribution >= 0.6 is 0 Å². The summed E-state index contributed by atoms with van der Waals surface area (Å²) in [4.78, 5) is 0. The van der Waals surface area contributed by atoms with Crippen LogP contribution in [0.15, 0.2) is 11.6 Å². The van der Waals surface area contributed by atoms with Crippen molar-refractivity contribution in [3.63, 3.8) is 0 Å². The van der Waals surface area contributed by atoms with Crippen LogP contribution in [-0.2, 0) is 10.2 Å². The molecule has 5 nitrogen and oxygen atoms in total. The maximum atomic E-state index is 12.7. The Morgan fingerprint density at radius 2 is 1.76 bits per heavy atom. The minimum absolute atomic E-state index is 0.0444. The van der Waals surface area contributed by atoms with Crippen molar-refractivity contribution in [3.05, 3.63) is 11.6 Å². The molecule has 0 unspecified atom stereocenters. The van der Waals surface area contributed by atoms with Gasteiger partial charge in [-0.25, -0.2) is 0 Å². The molecule has 122 valence electrons. The van der Waals surface area contributed by atoms with Crippen LogP contribution in [0.3, 0.4) is 0 Å². The highest BCUT2D eigenvalue weighted by molar-refractivity contribution is 7.86. The normalized spacial score (nSPS) is 28.7. The zero-order valence-electron chi connectivity index (χ0n) is 13.2. The first-order valence-electron chi connectivity index (χ1n) is 7.89. The third kappa shape index (κ3) is 3.86. The van der Waals surface area contributed by atoms with E-state index < -0.39 is 10.2 Å². The molecule has 21 heavy (non-hydrogen) atoms. The van der Waals surface area contributed by atoms with Crippen molar-refractivity contribution in [1.82, 2.24) is 8.61 Å². The summed E-state index contributed by atoms with van der Waals surface area (Å²) in [6.45, 7) is 6.40. The first-order chi connectivity index (χ1) is 9.89. The van der Waals surface area contributed by atoms with Crippen molar-refractivity contribution >= 4 is 10.2 Å². The maximum Gasteiger partial charge on any atom is 0.281 e. The van der Waals surface area contributed by atoms with Gasteiger partial charge in [-0.2, -0.15) is 17.0 Å². The van der Waals surface area contributed by atoms with Gasteiger partial charge in [0.2, 0.25) is 0 Å². The van der Waals surface area contributed by atoms with Gasteiger partial charge in [-0.15, -0.1) is 0 Å². The van der Waals surface area contributed by atoms with Crippen LogP contribution in [-0.4, -0.2) is 54.9 Å². The van der Waals surface area contributed by atoms with Gasteiger partial charge in [-0.1, -0.05) is 11.6 Å². The van der Waals surface area contributed by atoms with Gasteiger partial charge in [0, 0.05) is 31.6 Å². The van der Waals surface area contributed by atoms with Crippen molar-refractivity contribution in [2.24, 2.45) is 5.41 Å². The lowest BCUT2D eigenvalue weighted by Gasteiger charge is -2.41. The average Bonchev–Trinajstić information content (AvgIpc) is 3.00. The van der Waals surface area contributed by atoms with Crippen LogP contribution in [0.4, 0.5) is 0 Å². The molecule has 0 radical (unpaired) electrons. The van der Waals surface area contributed by atoms with E-state index in [0.29, 0.717) is 26.2 Å². The van der Waals surface area contributed by atoms with Gasteiger partial charge in [-0.3, -0.25) is 0 Å². The largest absolute Gasteiger partial charge is 0.396 e. The van der Waals surface area contributed by atoms with Crippen LogP contribution in [0.25, 0.3) is 0 Å². The molecule has 0 aromatic carbocycles. The third-order valence-corrected chi connectivity index (χ3v) is 6.60. The van der Waals surface area contributed by atoms with Crippen molar-refractivity contribution in [2.45, 2.75) is 46.0 Å². The number of piperidine rings is 1. The van der Waals surface area contributed by atoms with Crippen LogP contribution in [0, 0.1) is 5.41 Å². The van der Waals surface area contributed by atoms with Gasteiger partial charge in [0.25, 0.3) is 10.2 Å². The fourth-order valence-corrected chi connectivity index (χ4v) is 5.07. The summed E-state index contributed by atoms with van der Waals surface area (Å²) in [5, 5.41) is 9.84. The molecular weight excluding hydrogens is 288 g/mol.